The summed E-state index contributed by atoms with van der Waals surface area (Å²) >= 11 is 2.86. The Morgan fingerprint density at radius 1 is 1.05 bits per heavy atom. The van der Waals surface area contributed by atoms with Gasteiger partial charge in [-0.25, -0.2) is 17.2 Å². The number of sulfonamides is 1. The Hall–Kier alpha value is -1.71. The van der Waals surface area contributed by atoms with Gasteiger partial charge < -0.3 is 5.43 Å². The molecule has 0 amide bonds. The second-order valence-corrected chi connectivity index (χ2v) is 6.50. The van der Waals surface area contributed by atoms with Crippen LogP contribution in [0.1, 0.15) is 0 Å². The zero-order chi connectivity index (χ0) is 15.6. The molecule has 0 atom stereocenters. The Kier molecular flexibility index (Phi) is 4.45. The van der Waals surface area contributed by atoms with Gasteiger partial charge in [-0.15, -0.1) is 0 Å². The number of benzene rings is 2. The molecular formula is C12H10BrF2N3O2S. The molecule has 0 aromatic heterocycles. The second-order valence-electron chi connectivity index (χ2n) is 3.99. The van der Waals surface area contributed by atoms with Gasteiger partial charge in [0.15, 0.2) is 0 Å². The van der Waals surface area contributed by atoms with E-state index in [1.807, 2.05) is 0 Å². The minimum atomic E-state index is -4.08. The van der Waals surface area contributed by atoms with E-state index >= 15 is 0 Å². The fourth-order valence-corrected chi connectivity index (χ4v) is 3.19. The molecule has 0 spiro atoms. The van der Waals surface area contributed by atoms with Crippen molar-refractivity contribution in [1.82, 2.24) is 0 Å². The van der Waals surface area contributed by atoms with E-state index in [1.54, 1.807) is 6.07 Å². The molecule has 9 heteroatoms. The highest BCUT2D eigenvalue weighted by Crippen LogP contribution is 2.27. The smallest absolute Gasteiger partial charge is 0.264 e. The number of hydrazine groups is 1. The lowest BCUT2D eigenvalue weighted by molar-refractivity contribution is 0.579. The lowest BCUT2D eigenvalue weighted by Gasteiger charge is -2.12. The lowest BCUT2D eigenvalue weighted by atomic mass is 10.3. The molecule has 0 radical (unpaired) electrons. The van der Waals surface area contributed by atoms with Gasteiger partial charge in [0.1, 0.15) is 16.5 Å². The van der Waals surface area contributed by atoms with E-state index in [1.165, 1.54) is 18.2 Å². The number of nitrogen functional groups attached to an aromatic ring is 1. The third-order valence-electron chi connectivity index (χ3n) is 2.59. The van der Waals surface area contributed by atoms with Crippen molar-refractivity contribution in [2.45, 2.75) is 4.90 Å². The summed E-state index contributed by atoms with van der Waals surface area (Å²) in [6, 6.07) is 7.41. The third-order valence-corrected chi connectivity index (χ3v) is 4.62. The fourth-order valence-electron chi connectivity index (χ4n) is 1.62. The zero-order valence-electron chi connectivity index (χ0n) is 10.4. The minimum absolute atomic E-state index is 0.0631. The Morgan fingerprint density at radius 2 is 1.71 bits per heavy atom. The minimum Gasteiger partial charge on any atom is -0.323 e. The molecule has 0 heterocycles. The van der Waals surface area contributed by atoms with E-state index in [2.05, 4.69) is 26.1 Å². The van der Waals surface area contributed by atoms with Gasteiger partial charge in [-0.05, 0) is 34.1 Å². The van der Waals surface area contributed by atoms with Gasteiger partial charge in [-0.2, -0.15) is 0 Å². The summed E-state index contributed by atoms with van der Waals surface area (Å²) in [5.74, 6) is 3.38. The van der Waals surface area contributed by atoms with Gasteiger partial charge in [0, 0.05) is 6.07 Å². The molecule has 21 heavy (non-hydrogen) atoms. The van der Waals surface area contributed by atoms with Gasteiger partial charge in [0.25, 0.3) is 10.0 Å². The summed E-state index contributed by atoms with van der Waals surface area (Å²) < 4.78 is 53.3. The predicted octanol–water partition coefficient (Wildman–Crippen LogP) is 2.81. The van der Waals surface area contributed by atoms with Crippen LogP contribution in [0.25, 0.3) is 0 Å². The largest absolute Gasteiger partial charge is 0.323 e. The van der Waals surface area contributed by atoms with Crippen LogP contribution in [0.4, 0.5) is 20.2 Å². The molecule has 0 unspecified atom stereocenters. The maximum absolute atomic E-state index is 13.6. The summed E-state index contributed by atoms with van der Waals surface area (Å²) in [6.07, 6.45) is 0. The number of hydrogen-bond donors (Lipinski definition) is 3. The van der Waals surface area contributed by atoms with Crippen molar-refractivity contribution in [3.63, 3.8) is 0 Å². The molecule has 0 saturated heterocycles. The topological polar surface area (TPSA) is 84.2 Å². The van der Waals surface area contributed by atoms with Crippen molar-refractivity contribution in [3.8, 4) is 0 Å². The molecule has 2 aromatic rings. The standard InChI is InChI=1S/C12H10BrF2N3O2S/c13-7-5-11(9(15)6-8(7)14)18-21(19,20)12-4-2-1-3-10(12)17-16/h1-6,17-18H,16H2. The quantitative estimate of drug-likeness (QED) is 0.434. The zero-order valence-corrected chi connectivity index (χ0v) is 12.8. The van der Waals surface area contributed by atoms with Gasteiger partial charge in [0.2, 0.25) is 0 Å². The molecule has 5 nitrogen and oxygen atoms in total. The van der Waals surface area contributed by atoms with Crippen LogP contribution in [0.5, 0.6) is 0 Å². The number of nitrogens with two attached hydrogens (primary N) is 1. The molecule has 2 rings (SSSR count). The van der Waals surface area contributed by atoms with E-state index < -0.39 is 21.7 Å². The van der Waals surface area contributed by atoms with Gasteiger partial charge in [-0.1, -0.05) is 12.1 Å². The molecular weight excluding hydrogens is 368 g/mol. The monoisotopic (exact) mass is 377 g/mol. The number of rotatable bonds is 4. The third kappa shape index (κ3) is 3.31. The highest BCUT2D eigenvalue weighted by atomic mass is 79.9. The molecule has 0 fully saturated rings. The Balaban J connectivity index is 2.45. The molecule has 0 bridgehead atoms. The first-order valence-corrected chi connectivity index (χ1v) is 7.86. The molecule has 0 aliphatic carbocycles. The predicted molar refractivity (Wildman–Crippen MR) is 79.1 cm³/mol. The average molecular weight is 378 g/mol. The number of hydrogen-bond acceptors (Lipinski definition) is 4. The van der Waals surface area contributed by atoms with Crippen LogP contribution in [-0.4, -0.2) is 8.42 Å². The second kappa shape index (κ2) is 5.96. The van der Waals surface area contributed by atoms with Crippen LogP contribution in [0.3, 0.4) is 0 Å². The van der Waals surface area contributed by atoms with Crippen LogP contribution in [0, 0.1) is 11.6 Å². The van der Waals surface area contributed by atoms with Crippen LogP contribution in [0.2, 0.25) is 0 Å². The summed E-state index contributed by atoms with van der Waals surface area (Å²) in [7, 11) is -4.08. The number of anilines is 2. The van der Waals surface area contributed by atoms with E-state index in [-0.39, 0.29) is 20.7 Å². The Bertz CT molecular complexity index is 784. The maximum atomic E-state index is 13.6. The first-order valence-electron chi connectivity index (χ1n) is 5.58. The van der Waals surface area contributed by atoms with Gasteiger partial charge >= 0.3 is 0 Å². The number of halogens is 3. The van der Waals surface area contributed by atoms with Crippen molar-refractivity contribution in [1.29, 1.82) is 0 Å². The normalized spacial score (nSPS) is 11.2. The highest BCUT2D eigenvalue weighted by molar-refractivity contribution is 9.10. The first-order chi connectivity index (χ1) is 9.85. The van der Waals surface area contributed by atoms with Gasteiger partial charge in [-0.3, -0.25) is 10.6 Å². The summed E-state index contributed by atoms with van der Waals surface area (Å²) in [6.45, 7) is 0. The molecule has 2 aromatic carbocycles. The van der Waals surface area contributed by atoms with E-state index in [4.69, 9.17) is 5.84 Å². The Morgan fingerprint density at radius 3 is 2.38 bits per heavy atom. The van der Waals surface area contributed by atoms with Crippen LogP contribution < -0.4 is 16.0 Å². The highest BCUT2D eigenvalue weighted by Gasteiger charge is 2.20. The van der Waals surface area contributed by atoms with Crippen LogP contribution in [0.15, 0.2) is 45.8 Å². The lowest BCUT2D eigenvalue weighted by Crippen LogP contribution is -2.18. The van der Waals surface area contributed by atoms with Crippen molar-refractivity contribution in [2.24, 2.45) is 5.84 Å². The summed E-state index contributed by atoms with van der Waals surface area (Å²) in [4.78, 5) is -0.160. The molecule has 0 aliphatic rings. The SMILES string of the molecule is NNc1ccccc1S(=O)(=O)Nc1cc(Br)c(F)cc1F. The van der Waals surface area contributed by atoms with E-state index in [9.17, 15) is 17.2 Å². The molecule has 0 saturated carbocycles. The van der Waals surface area contributed by atoms with Crippen molar-refractivity contribution in [3.05, 3.63) is 52.5 Å². The first kappa shape index (κ1) is 15.7. The Labute approximate surface area is 128 Å². The van der Waals surface area contributed by atoms with Crippen molar-refractivity contribution >= 4 is 37.3 Å². The molecule has 0 aliphatic heterocycles. The summed E-state index contributed by atoms with van der Waals surface area (Å²) in [5, 5.41) is 0. The molecule has 4 N–H and O–H groups in total. The number of nitrogens with one attached hydrogen (secondary N) is 2. The summed E-state index contributed by atoms with van der Waals surface area (Å²) in [5.41, 5.74) is 2.01. The van der Waals surface area contributed by atoms with Gasteiger partial charge in [0.05, 0.1) is 15.8 Å². The fraction of sp³-hybridized carbons (Fsp3) is 0. The average Bonchev–Trinajstić information content (AvgIpc) is 2.44. The molecule has 112 valence electrons. The van der Waals surface area contributed by atoms with E-state index in [0.29, 0.717) is 6.07 Å². The van der Waals surface area contributed by atoms with Crippen molar-refractivity contribution in [2.75, 3.05) is 10.1 Å². The van der Waals surface area contributed by atoms with Crippen LogP contribution >= 0.6 is 15.9 Å². The van der Waals surface area contributed by atoms with Crippen LogP contribution in [-0.2, 0) is 10.0 Å². The van der Waals surface area contributed by atoms with E-state index in [0.717, 1.165) is 6.07 Å². The maximum Gasteiger partial charge on any atom is 0.264 e. The number of para-hydroxylation sites is 1. The van der Waals surface area contributed by atoms with Crippen molar-refractivity contribution < 1.29 is 17.2 Å².